The molecule has 0 bridgehead atoms. The predicted octanol–water partition coefficient (Wildman–Crippen LogP) is 2.25. The zero-order chi connectivity index (χ0) is 11.6. The lowest BCUT2D eigenvalue weighted by molar-refractivity contribution is -0.387. The Kier molecular flexibility index (Phi) is 3.52. The van der Waals surface area contributed by atoms with Gasteiger partial charge in [-0.05, 0) is 12.1 Å². The van der Waals surface area contributed by atoms with Crippen molar-refractivity contribution in [1.29, 1.82) is 0 Å². The van der Waals surface area contributed by atoms with E-state index in [1.165, 1.54) is 0 Å². The smallest absolute Gasteiger partial charge is 0.258 e. The molecule has 0 aliphatic rings. The van der Waals surface area contributed by atoms with Crippen molar-refractivity contribution in [3.05, 3.63) is 34.1 Å². The molecule has 0 radical (unpaired) electrons. The topological polar surface area (TPSA) is 60.2 Å². The van der Waals surface area contributed by atoms with E-state index < -0.39 is 21.5 Å². The SMILES string of the molecule is CC(C)S(=O)c1cc(F)ccc1[N+](=O)[O-]. The molecule has 0 aliphatic carbocycles. The van der Waals surface area contributed by atoms with Gasteiger partial charge in [-0.1, -0.05) is 13.8 Å². The van der Waals surface area contributed by atoms with Crippen LogP contribution in [0.2, 0.25) is 0 Å². The monoisotopic (exact) mass is 231 g/mol. The summed E-state index contributed by atoms with van der Waals surface area (Å²) < 4.78 is 24.5. The fourth-order valence-corrected chi connectivity index (χ4v) is 2.14. The maximum atomic E-state index is 12.9. The van der Waals surface area contributed by atoms with Gasteiger partial charge in [0.25, 0.3) is 5.69 Å². The minimum absolute atomic E-state index is 0.0602. The zero-order valence-corrected chi connectivity index (χ0v) is 9.08. The van der Waals surface area contributed by atoms with Crippen LogP contribution in [0.25, 0.3) is 0 Å². The second-order valence-electron chi connectivity index (χ2n) is 3.22. The van der Waals surface area contributed by atoms with Crippen molar-refractivity contribution >= 4 is 16.5 Å². The highest BCUT2D eigenvalue weighted by atomic mass is 32.2. The summed E-state index contributed by atoms with van der Waals surface area (Å²) in [7, 11) is -1.56. The van der Waals surface area contributed by atoms with Crippen LogP contribution in [-0.4, -0.2) is 14.4 Å². The van der Waals surface area contributed by atoms with Gasteiger partial charge in [0.2, 0.25) is 0 Å². The third kappa shape index (κ3) is 2.59. The molecule has 15 heavy (non-hydrogen) atoms. The molecule has 82 valence electrons. The van der Waals surface area contributed by atoms with Gasteiger partial charge in [0.1, 0.15) is 10.7 Å². The Labute approximate surface area is 88.7 Å². The van der Waals surface area contributed by atoms with E-state index in [0.717, 1.165) is 18.2 Å². The largest absolute Gasteiger partial charge is 0.285 e. The summed E-state index contributed by atoms with van der Waals surface area (Å²) in [4.78, 5) is 9.89. The minimum atomic E-state index is -1.56. The fourth-order valence-electron chi connectivity index (χ4n) is 1.05. The lowest BCUT2D eigenvalue weighted by atomic mass is 10.3. The highest BCUT2D eigenvalue weighted by Crippen LogP contribution is 2.24. The number of halogens is 1. The normalized spacial score (nSPS) is 12.8. The van der Waals surface area contributed by atoms with E-state index >= 15 is 0 Å². The molecule has 0 aliphatic heterocycles. The first kappa shape index (κ1) is 11.8. The van der Waals surface area contributed by atoms with Crippen molar-refractivity contribution in [1.82, 2.24) is 0 Å². The molecule has 0 saturated heterocycles. The fraction of sp³-hybridized carbons (Fsp3) is 0.333. The quantitative estimate of drug-likeness (QED) is 0.592. The molecular weight excluding hydrogens is 221 g/mol. The van der Waals surface area contributed by atoms with Gasteiger partial charge in [-0.25, -0.2) is 4.39 Å². The van der Waals surface area contributed by atoms with E-state index in [2.05, 4.69) is 0 Å². The van der Waals surface area contributed by atoms with Gasteiger partial charge in [0.05, 0.1) is 15.7 Å². The predicted molar refractivity (Wildman–Crippen MR) is 54.6 cm³/mol. The van der Waals surface area contributed by atoms with Gasteiger partial charge in [-0.3, -0.25) is 14.3 Å². The Morgan fingerprint density at radius 1 is 1.47 bits per heavy atom. The highest BCUT2D eigenvalue weighted by Gasteiger charge is 2.21. The third-order valence-corrected chi connectivity index (χ3v) is 3.38. The molecule has 0 aromatic heterocycles. The standard InChI is InChI=1S/C9H10FNO3S/c1-6(2)15(14)9-5-7(10)3-4-8(9)11(12)13/h3-6H,1-2H3. The maximum Gasteiger partial charge on any atom is 0.285 e. The molecule has 1 unspecified atom stereocenters. The Bertz CT molecular complexity index is 420. The number of benzene rings is 1. The molecule has 0 fully saturated rings. The third-order valence-electron chi connectivity index (χ3n) is 1.76. The summed E-state index contributed by atoms with van der Waals surface area (Å²) >= 11 is 0. The van der Waals surface area contributed by atoms with Crippen molar-refractivity contribution in [3.8, 4) is 0 Å². The summed E-state index contributed by atoms with van der Waals surface area (Å²) in [6.07, 6.45) is 0. The summed E-state index contributed by atoms with van der Waals surface area (Å²) in [6, 6.07) is 2.97. The van der Waals surface area contributed by atoms with Crippen LogP contribution in [0.4, 0.5) is 10.1 Å². The van der Waals surface area contributed by atoms with Crippen LogP contribution in [0.3, 0.4) is 0 Å². The van der Waals surface area contributed by atoms with Crippen LogP contribution in [-0.2, 0) is 10.8 Å². The summed E-state index contributed by atoms with van der Waals surface area (Å²) in [5.74, 6) is -0.621. The van der Waals surface area contributed by atoms with Crippen molar-refractivity contribution in [3.63, 3.8) is 0 Å². The van der Waals surface area contributed by atoms with Gasteiger partial charge < -0.3 is 0 Å². The highest BCUT2D eigenvalue weighted by molar-refractivity contribution is 7.85. The van der Waals surface area contributed by atoms with E-state index in [9.17, 15) is 18.7 Å². The maximum absolute atomic E-state index is 12.9. The van der Waals surface area contributed by atoms with E-state index in [4.69, 9.17) is 0 Å². The van der Waals surface area contributed by atoms with E-state index in [1.807, 2.05) is 0 Å². The van der Waals surface area contributed by atoms with Gasteiger partial charge >= 0.3 is 0 Å². The van der Waals surface area contributed by atoms with Crippen LogP contribution in [0.15, 0.2) is 23.1 Å². The first-order valence-corrected chi connectivity index (χ1v) is 5.49. The van der Waals surface area contributed by atoms with E-state index in [-0.39, 0.29) is 15.8 Å². The summed E-state index contributed by atoms with van der Waals surface area (Å²) in [6.45, 7) is 3.31. The van der Waals surface area contributed by atoms with Gasteiger partial charge in [0.15, 0.2) is 0 Å². The number of nitro benzene ring substituents is 1. The molecular formula is C9H10FNO3S. The van der Waals surface area contributed by atoms with E-state index in [1.54, 1.807) is 13.8 Å². The lowest BCUT2D eigenvalue weighted by Gasteiger charge is -2.05. The summed E-state index contributed by atoms with van der Waals surface area (Å²) in [5.41, 5.74) is -0.302. The van der Waals surface area contributed by atoms with Crippen LogP contribution in [0, 0.1) is 15.9 Å². The van der Waals surface area contributed by atoms with Crippen LogP contribution < -0.4 is 0 Å². The van der Waals surface area contributed by atoms with Crippen molar-refractivity contribution in [2.45, 2.75) is 24.0 Å². The van der Waals surface area contributed by atoms with Crippen LogP contribution >= 0.6 is 0 Å². The Balaban J connectivity index is 3.30. The molecule has 1 aromatic rings. The second-order valence-corrected chi connectivity index (χ2v) is 5.19. The molecule has 0 N–H and O–H groups in total. The molecule has 1 aromatic carbocycles. The van der Waals surface area contributed by atoms with Crippen LogP contribution in [0.5, 0.6) is 0 Å². The van der Waals surface area contributed by atoms with Gasteiger partial charge in [0, 0.05) is 11.3 Å². The van der Waals surface area contributed by atoms with Crippen LogP contribution in [0.1, 0.15) is 13.8 Å². The van der Waals surface area contributed by atoms with Crippen molar-refractivity contribution < 1.29 is 13.5 Å². The average Bonchev–Trinajstić information content (AvgIpc) is 2.15. The van der Waals surface area contributed by atoms with Crippen molar-refractivity contribution in [2.75, 3.05) is 0 Å². The molecule has 0 spiro atoms. The minimum Gasteiger partial charge on any atom is -0.258 e. The molecule has 1 atom stereocenters. The van der Waals surface area contributed by atoms with Crippen molar-refractivity contribution in [2.24, 2.45) is 0 Å². The molecule has 1 rings (SSSR count). The molecule has 0 saturated carbocycles. The Morgan fingerprint density at radius 3 is 2.53 bits per heavy atom. The average molecular weight is 231 g/mol. The Morgan fingerprint density at radius 2 is 2.07 bits per heavy atom. The number of hydrogen-bond donors (Lipinski definition) is 0. The molecule has 4 nitrogen and oxygen atoms in total. The zero-order valence-electron chi connectivity index (χ0n) is 8.27. The molecule has 0 heterocycles. The van der Waals surface area contributed by atoms with E-state index in [0.29, 0.717) is 0 Å². The van der Waals surface area contributed by atoms with Gasteiger partial charge in [-0.2, -0.15) is 0 Å². The Hall–Kier alpha value is -1.30. The van der Waals surface area contributed by atoms with Gasteiger partial charge in [-0.15, -0.1) is 0 Å². The number of rotatable bonds is 3. The first-order valence-electron chi connectivity index (χ1n) is 4.28. The lowest BCUT2D eigenvalue weighted by Crippen LogP contribution is -2.08. The summed E-state index contributed by atoms with van der Waals surface area (Å²) in [5, 5.41) is 10.3. The molecule has 0 amide bonds. The number of nitro groups is 1. The number of hydrogen-bond acceptors (Lipinski definition) is 3. The molecule has 6 heteroatoms. The second kappa shape index (κ2) is 4.48. The first-order chi connectivity index (χ1) is 6.93. The number of nitrogens with zero attached hydrogens (tertiary/aromatic N) is 1.